The van der Waals surface area contributed by atoms with Crippen LogP contribution in [0.2, 0.25) is 0 Å². The van der Waals surface area contributed by atoms with Crippen molar-refractivity contribution in [2.24, 2.45) is 0 Å². The Morgan fingerprint density at radius 1 is 0.920 bits per heavy atom. The Morgan fingerprint density at radius 2 is 1.48 bits per heavy atom. The summed E-state index contributed by atoms with van der Waals surface area (Å²) >= 11 is 5.65. The molecule has 2 N–H and O–H groups in total. The quantitative estimate of drug-likeness (QED) is 0.623. The fraction of sp³-hybridized carbons (Fsp3) is 0.682. The number of rotatable bonds is 5. The second kappa shape index (κ2) is 9.02. The van der Waals surface area contributed by atoms with Crippen molar-refractivity contribution in [3.05, 3.63) is 28.8 Å². The fourth-order valence-corrected chi connectivity index (χ4v) is 4.86. The molecule has 2 nitrogen and oxygen atoms in total. The van der Waals surface area contributed by atoms with Crippen molar-refractivity contribution in [3.8, 4) is 0 Å². The minimum Gasteiger partial charge on any atom is -0.360 e. The molecule has 0 radical (unpaired) electrons. The van der Waals surface area contributed by atoms with Crippen molar-refractivity contribution in [2.45, 2.75) is 96.4 Å². The van der Waals surface area contributed by atoms with Crippen LogP contribution in [0, 0.1) is 0 Å². The lowest BCUT2D eigenvalue weighted by molar-refractivity contribution is 0.415. The van der Waals surface area contributed by atoms with Gasteiger partial charge < -0.3 is 10.6 Å². The van der Waals surface area contributed by atoms with E-state index in [0.29, 0.717) is 6.04 Å². The number of anilines is 1. The van der Waals surface area contributed by atoms with E-state index in [0.717, 1.165) is 23.9 Å². The van der Waals surface area contributed by atoms with Crippen LogP contribution in [0.3, 0.4) is 0 Å². The zero-order chi connectivity index (χ0) is 17.6. The van der Waals surface area contributed by atoms with Crippen LogP contribution in [0.5, 0.6) is 0 Å². The van der Waals surface area contributed by atoms with E-state index in [-0.39, 0.29) is 0 Å². The van der Waals surface area contributed by atoms with Crippen molar-refractivity contribution in [1.82, 2.24) is 5.32 Å². The third-order valence-corrected chi connectivity index (χ3v) is 6.31. The van der Waals surface area contributed by atoms with Gasteiger partial charge in [0.15, 0.2) is 5.11 Å². The number of nitrogens with one attached hydrogen (secondary N) is 2. The summed E-state index contributed by atoms with van der Waals surface area (Å²) in [6.45, 7) is 4.52. The molecule has 2 fully saturated rings. The summed E-state index contributed by atoms with van der Waals surface area (Å²) in [5.74, 6) is 0.775. The number of thiocarbonyl (C=S) groups is 1. The molecule has 2 aliphatic rings. The fourth-order valence-electron chi connectivity index (χ4n) is 4.59. The molecule has 1 aromatic carbocycles. The Balaban J connectivity index is 1.75. The summed E-state index contributed by atoms with van der Waals surface area (Å²) in [4.78, 5) is 0. The van der Waals surface area contributed by atoms with E-state index in [1.54, 1.807) is 5.56 Å². The predicted octanol–water partition coefficient (Wildman–Crippen LogP) is 6.09. The first-order valence-electron chi connectivity index (χ1n) is 10.4. The highest BCUT2D eigenvalue weighted by molar-refractivity contribution is 7.80. The summed E-state index contributed by atoms with van der Waals surface area (Å²) in [7, 11) is 0. The maximum atomic E-state index is 5.65. The van der Waals surface area contributed by atoms with Gasteiger partial charge in [-0.1, -0.05) is 58.1 Å². The topological polar surface area (TPSA) is 24.1 Å². The Labute approximate surface area is 159 Å². The molecule has 1 aromatic rings. The lowest BCUT2D eigenvalue weighted by Gasteiger charge is -2.26. The molecule has 0 saturated heterocycles. The van der Waals surface area contributed by atoms with Gasteiger partial charge in [0.25, 0.3) is 0 Å². The van der Waals surface area contributed by atoms with Gasteiger partial charge in [-0.05, 0) is 73.4 Å². The Morgan fingerprint density at radius 3 is 2.04 bits per heavy atom. The van der Waals surface area contributed by atoms with Gasteiger partial charge in [-0.25, -0.2) is 0 Å². The number of benzene rings is 1. The van der Waals surface area contributed by atoms with Gasteiger partial charge in [0, 0.05) is 11.7 Å². The maximum Gasteiger partial charge on any atom is 0.171 e. The molecule has 0 bridgehead atoms. The summed E-state index contributed by atoms with van der Waals surface area (Å²) in [6, 6.07) is 5.45. The van der Waals surface area contributed by atoms with Gasteiger partial charge in [0.2, 0.25) is 0 Å². The van der Waals surface area contributed by atoms with Crippen LogP contribution in [0.25, 0.3) is 0 Å². The maximum absolute atomic E-state index is 5.65. The second-order valence-electron chi connectivity index (χ2n) is 7.84. The van der Waals surface area contributed by atoms with Crippen LogP contribution in [0.1, 0.15) is 94.2 Å². The Bertz CT molecular complexity index is 559. The molecule has 0 heterocycles. The van der Waals surface area contributed by atoms with Crippen molar-refractivity contribution in [3.63, 3.8) is 0 Å². The third kappa shape index (κ3) is 4.75. The van der Waals surface area contributed by atoms with Crippen molar-refractivity contribution in [2.75, 3.05) is 5.32 Å². The molecule has 2 aliphatic carbocycles. The molecule has 0 aliphatic heterocycles. The van der Waals surface area contributed by atoms with Gasteiger partial charge in [-0.3, -0.25) is 0 Å². The van der Waals surface area contributed by atoms with E-state index in [9.17, 15) is 0 Å². The summed E-state index contributed by atoms with van der Waals surface area (Å²) in [6.07, 6.45) is 14.2. The van der Waals surface area contributed by atoms with Gasteiger partial charge in [0.05, 0.1) is 0 Å². The lowest BCUT2D eigenvalue weighted by atomic mass is 9.91. The first-order valence-corrected chi connectivity index (χ1v) is 10.8. The van der Waals surface area contributed by atoms with Gasteiger partial charge in [0.1, 0.15) is 0 Å². The zero-order valence-electron chi connectivity index (χ0n) is 16.0. The van der Waals surface area contributed by atoms with Crippen LogP contribution in [0.4, 0.5) is 5.69 Å². The molecule has 3 rings (SSSR count). The van der Waals surface area contributed by atoms with Crippen molar-refractivity contribution >= 4 is 23.0 Å². The summed E-state index contributed by atoms with van der Waals surface area (Å²) < 4.78 is 0. The number of aryl methyl sites for hydroxylation is 2. The molecule has 3 heteroatoms. The molecule has 0 spiro atoms. The minimum atomic E-state index is 0.557. The van der Waals surface area contributed by atoms with Crippen molar-refractivity contribution in [1.29, 1.82) is 0 Å². The highest BCUT2D eigenvalue weighted by Gasteiger charge is 2.20. The SMILES string of the molecule is CCc1cc(C2CCCC2)cc(CC)c1NC(=S)NC1CCCCC1. The summed E-state index contributed by atoms with van der Waals surface area (Å²) in [5, 5.41) is 7.94. The predicted molar refractivity (Wildman–Crippen MR) is 113 cm³/mol. The first-order chi connectivity index (χ1) is 12.2. The van der Waals surface area contributed by atoms with E-state index in [2.05, 4.69) is 36.6 Å². The average molecular weight is 359 g/mol. The van der Waals surface area contributed by atoms with Crippen LogP contribution in [-0.2, 0) is 12.8 Å². The second-order valence-corrected chi connectivity index (χ2v) is 8.24. The molecule has 0 atom stereocenters. The number of hydrogen-bond acceptors (Lipinski definition) is 1. The molecule has 0 unspecified atom stereocenters. The van der Waals surface area contributed by atoms with E-state index < -0.39 is 0 Å². The van der Waals surface area contributed by atoms with Gasteiger partial charge in [-0.2, -0.15) is 0 Å². The van der Waals surface area contributed by atoms with Gasteiger partial charge in [-0.15, -0.1) is 0 Å². The van der Waals surface area contributed by atoms with Crippen LogP contribution < -0.4 is 10.6 Å². The van der Waals surface area contributed by atoms with Crippen LogP contribution in [0.15, 0.2) is 12.1 Å². The monoisotopic (exact) mass is 358 g/mol. The van der Waals surface area contributed by atoms with E-state index in [1.165, 1.54) is 74.6 Å². The smallest absolute Gasteiger partial charge is 0.171 e. The third-order valence-electron chi connectivity index (χ3n) is 6.09. The largest absolute Gasteiger partial charge is 0.360 e. The molecule has 0 aromatic heterocycles. The molecule has 2 saturated carbocycles. The normalized spacial score (nSPS) is 19.1. The van der Waals surface area contributed by atoms with Gasteiger partial charge >= 0.3 is 0 Å². The minimum absolute atomic E-state index is 0.557. The zero-order valence-corrected chi connectivity index (χ0v) is 16.8. The summed E-state index contributed by atoms with van der Waals surface area (Å²) in [5.41, 5.74) is 5.67. The van der Waals surface area contributed by atoms with E-state index >= 15 is 0 Å². The molecular formula is C22H34N2S. The van der Waals surface area contributed by atoms with Crippen molar-refractivity contribution < 1.29 is 0 Å². The first kappa shape index (κ1) is 18.7. The molecule has 138 valence electrons. The lowest BCUT2D eigenvalue weighted by Crippen LogP contribution is -2.39. The molecular weight excluding hydrogens is 324 g/mol. The van der Waals surface area contributed by atoms with Crippen LogP contribution in [-0.4, -0.2) is 11.2 Å². The van der Waals surface area contributed by atoms with E-state index in [4.69, 9.17) is 12.2 Å². The molecule has 0 amide bonds. The standard InChI is InChI=1S/C22H34N2S/c1-3-16-14-19(18-10-8-9-11-18)15-17(4-2)21(16)24-22(25)23-20-12-6-5-7-13-20/h14-15,18,20H,3-13H2,1-2H3,(H2,23,24,25). The highest BCUT2D eigenvalue weighted by atomic mass is 32.1. The van der Waals surface area contributed by atoms with Crippen LogP contribution >= 0.6 is 12.2 Å². The Hall–Kier alpha value is -1.09. The Kier molecular flexibility index (Phi) is 6.75. The average Bonchev–Trinajstić information content (AvgIpc) is 3.17. The molecule has 25 heavy (non-hydrogen) atoms. The highest BCUT2D eigenvalue weighted by Crippen LogP contribution is 2.37. The van der Waals surface area contributed by atoms with E-state index in [1.807, 2.05) is 0 Å². The number of hydrogen-bond donors (Lipinski definition) is 2.